The third-order valence-electron chi connectivity index (χ3n) is 3.06. The van der Waals surface area contributed by atoms with Crippen LogP contribution in [0.15, 0.2) is 47.9 Å². The zero-order valence-electron chi connectivity index (χ0n) is 12.5. The Morgan fingerprint density at radius 3 is 2.76 bits per heavy atom. The third-order valence-corrected chi connectivity index (χ3v) is 4.03. The first-order valence-electron chi connectivity index (χ1n) is 7.10. The molecule has 0 saturated carbocycles. The minimum Gasteiger partial charge on any atom is -0.497 e. The van der Waals surface area contributed by atoms with E-state index in [0.717, 1.165) is 29.6 Å². The molecule has 1 aromatic carbocycles. The number of rotatable bonds is 8. The van der Waals surface area contributed by atoms with Crippen LogP contribution in [0, 0.1) is 0 Å². The van der Waals surface area contributed by atoms with E-state index < -0.39 is 0 Å². The number of nitrogens with zero attached hydrogens (tertiary/aromatic N) is 2. The van der Waals surface area contributed by atoms with E-state index in [1.54, 1.807) is 31.3 Å². The molecule has 0 aliphatic heterocycles. The summed E-state index contributed by atoms with van der Waals surface area (Å²) in [5, 5.41) is 4.38. The smallest absolute Gasteiger partial charge is 0.187 e. The van der Waals surface area contributed by atoms with E-state index in [2.05, 4.69) is 34.3 Å². The van der Waals surface area contributed by atoms with Crippen molar-refractivity contribution in [3.05, 3.63) is 48.3 Å². The van der Waals surface area contributed by atoms with Crippen molar-refractivity contribution in [1.82, 2.24) is 15.3 Å². The molecule has 1 heterocycles. The first-order chi connectivity index (χ1) is 10.3. The highest BCUT2D eigenvalue weighted by molar-refractivity contribution is 7.99. The van der Waals surface area contributed by atoms with Crippen molar-refractivity contribution in [1.29, 1.82) is 0 Å². The van der Waals surface area contributed by atoms with Gasteiger partial charge < -0.3 is 10.1 Å². The van der Waals surface area contributed by atoms with Crippen molar-refractivity contribution >= 4 is 11.8 Å². The van der Waals surface area contributed by atoms with Gasteiger partial charge in [-0.3, -0.25) is 0 Å². The Bertz CT molecular complexity index is 536. The highest BCUT2D eigenvalue weighted by atomic mass is 32.2. The Hall–Kier alpha value is -1.59. The van der Waals surface area contributed by atoms with Crippen molar-refractivity contribution in [2.45, 2.75) is 24.5 Å². The molecular weight excluding hydrogens is 282 g/mol. The minimum atomic E-state index is 0.258. The van der Waals surface area contributed by atoms with Gasteiger partial charge in [-0.15, -0.1) is 0 Å². The average Bonchev–Trinajstić information content (AvgIpc) is 2.56. The van der Waals surface area contributed by atoms with Crippen LogP contribution in [0.1, 0.15) is 24.9 Å². The first kappa shape index (κ1) is 15.8. The van der Waals surface area contributed by atoms with E-state index in [0.29, 0.717) is 0 Å². The predicted octanol–water partition coefficient (Wildman–Crippen LogP) is 3.32. The van der Waals surface area contributed by atoms with Crippen LogP contribution in [0.2, 0.25) is 0 Å². The highest BCUT2D eigenvalue weighted by Gasteiger charge is 2.12. The lowest BCUT2D eigenvalue weighted by Gasteiger charge is -2.19. The molecule has 112 valence electrons. The second kappa shape index (κ2) is 8.64. The van der Waals surface area contributed by atoms with Gasteiger partial charge >= 0.3 is 0 Å². The molecule has 0 radical (unpaired) electrons. The summed E-state index contributed by atoms with van der Waals surface area (Å²) in [6, 6.07) is 10.3. The SMILES string of the molecule is CCCNC(CSc1ncccn1)c1cccc(OC)c1. The zero-order chi connectivity index (χ0) is 14.9. The molecule has 2 aromatic rings. The normalized spacial score (nSPS) is 12.1. The molecule has 0 amide bonds. The molecule has 21 heavy (non-hydrogen) atoms. The topological polar surface area (TPSA) is 47.0 Å². The van der Waals surface area contributed by atoms with Gasteiger partial charge in [-0.05, 0) is 36.7 Å². The van der Waals surface area contributed by atoms with Crippen molar-refractivity contribution in [3.63, 3.8) is 0 Å². The number of benzene rings is 1. The number of nitrogens with one attached hydrogen (secondary N) is 1. The van der Waals surface area contributed by atoms with Gasteiger partial charge in [0.1, 0.15) is 5.75 Å². The molecule has 0 aliphatic carbocycles. The summed E-state index contributed by atoms with van der Waals surface area (Å²) in [6.07, 6.45) is 4.65. The first-order valence-corrected chi connectivity index (χ1v) is 8.09. The Morgan fingerprint density at radius 1 is 1.24 bits per heavy atom. The lowest BCUT2D eigenvalue weighted by molar-refractivity contribution is 0.413. The maximum Gasteiger partial charge on any atom is 0.187 e. The maximum atomic E-state index is 5.31. The molecule has 5 heteroatoms. The van der Waals surface area contributed by atoms with Gasteiger partial charge in [-0.25, -0.2) is 9.97 Å². The molecule has 4 nitrogen and oxygen atoms in total. The number of aromatic nitrogens is 2. The van der Waals surface area contributed by atoms with E-state index in [1.807, 2.05) is 18.2 Å². The molecule has 0 spiro atoms. The van der Waals surface area contributed by atoms with Crippen molar-refractivity contribution < 1.29 is 4.74 Å². The largest absolute Gasteiger partial charge is 0.497 e. The summed E-state index contributed by atoms with van der Waals surface area (Å²) in [6.45, 7) is 3.15. The van der Waals surface area contributed by atoms with Crippen molar-refractivity contribution in [2.24, 2.45) is 0 Å². The van der Waals surface area contributed by atoms with E-state index >= 15 is 0 Å². The van der Waals surface area contributed by atoms with Crippen LogP contribution in [0.3, 0.4) is 0 Å². The van der Waals surface area contributed by atoms with Crippen LogP contribution >= 0.6 is 11.8 Å². The fraction of sp³-hybridized carbons (Fsp3) is 0.375. The van der Waals surface area contributed by atoms with Crippen LogP contribution in [0.4, 0.5) is 0 Å². The van der Waals surface area contributed by atoms with Crippen LogP contribution < -0.4 is 10.1 Å². The number of thioether (sulfide) groups is 1. The lowest BCUT2D eigenvalue weighted by Crippen LogP contribution is -2.24. The van der Waals surface area contributed by atoms with Crippen LogP contribution in [0.25, 0.3) is 0 Å². The van der Waals surface area contributed by atoms with Gasteiger partial charge in [0.15, 0.2) is 5.16 Å². The molecule has 0 aliphatic rings. The second-order valence-electron chi connectivity index (χ2n) is 4.63. The van der Waals surface area contributed by atoms with E-state index in [1.165, 1.54) is 5.56 Å². The maximum absolute atomic E-state index is 5.31. The molecule has 2 rings (SSSR count). The highest BCUT2D eigenvalue weighted by Crippen LogP contribution is 2.24. The van der Waals surface area contributed by atoms with Crippen molar-refractivity contribution in [3.8, 4) is 5.75 Å². The Kier molecular flexibility index (Phi) is 6.50. The predicted molar refractivity (Wildman–Crippen MR) is 86.8 cm³/mol. The fourth-order valence-corrected chi connectivity index (χ4v) is 2.86. The molecule has 0 bridgehead atoms. The summed E-state index contributed by atoms with van der Waals surface area (Å²) in [5.41, 5.74) is 1.23. The summed E-state index contributed by atoms with van der Waals surface area (Å²) in [5.74, 6) is 1.77. The van der Waals surface area contributed by atoms with Gasteiger partial charge in [0, 0.05) is 24.2 Å². The zero-order valence-corrected chi connectivity index (χ0v) is 13.3. The summed E-state index contributed by atoms with van der Waals surface area (Å²) < 4.78 is 5.31. The molecule has 1 unspecified atom stereocenters. The third kappa shape index (κ3) is 5.02. The van der Waals surface area contributed by atoms with Crippen molar-refractivity contribution in [2.75, 3.05) is 19.4 Å². The molecule has 1 atom stereocenters. The Balaban J connectivity index is 2.06. The fourth-order valence-electron chi connectivity index (χ4n) is 1.97. The van der Waals surface area contributed by atoms with Gasteiger partial charge in [-0.1, -0.05) is 30.8 Å². The summed E-state index contributed by atoms with van der Waals surface area (Å²) in [4.78, 5) is 8.52. The molecule has 1 aromatic heterocycles. The molecule has 1 N–H and O–H groups in total. The van der Waals surface area contributed by atoms with Gasteiger partial charge in [0.25, 0.3) is 0 Å². The quantitative estimate of drug-likeness (QED) is 0.599. The van der Waals surface area contributed by atoms with Gasteiger partial charge in [0.2, 0.25) is 0 Å². The molecule has 0 saturated heterocycles. The molecular formula is C16H21N3OS. The van der Waals surface area contributed by atoms with Crippen LogP contribution in [0.5, 0.6) is 5.75 Å². The molecule has 0 fully saturated rings. The minimum absolute atomic E-state index is 0.258. The van der Waals surface area contributed by atoms with Crippen LogP contribution in [-0.2, 0) is 0 Å². The number of hydrogen-bond acceptors (Lipinski definition) is 5. The van der Waals surface area contributed by atoms with E-state index in [-0.39, 0.29) is 6.04 Å². The van der Waals surface area contributed by atoms with E-state index in [9.17, 15) is 0 Å². The number of methoxy groups -OCH3 is 1. The Morgan fingerprint density at radius 2 is 2.05 bits per heavy atom. The summed E-state index contributed by atoms with van der Waals surface area (Å²) in [7, 11) is 1.69. The van der Waals surface area contributed by atoms with Gasteiger partial charge in [0.05, 0.1) is 7.11 Å². The monoisotopic (exact) mass is 303 g/mol. The van der Waals surface area contributed by atoms with Crippen LogP contribution in [-0.4, -0.2) is 29.4 Å². The number of ether oxygens (including phenoxy) is 1. The average molecular weight is 303 g/mol. The lowest BCUT2D eigenvalue weighted by atomic mass is 10.1. The standard InChI is InChI=1S/C16H21N3OS/c1-3-8-17-15(12-21-16-18-9-5-10-19-16)13-6-4-7-14(11-13)20-2/h4-7,9-11,15,17H,3,8,12H2,1-2H3. The second-order valence-corrected chi connectivity index (χ2v) is 5.61. The Labute approximate surface area is 130 Å². The number of hydrogen-bond donors (Lipinski definition) is 1. The van der Waals surface area contributed by atoms with Gasteiger partial charge in [-0.2, -0.15) is 0 Å². The summed E-state index contributed by atoms with van der Waals surface area (Å²) >= 11 is 1.66. The van der Waals surface area contributed by atoms with E-state index in [4.69, 9.17) is 4.74 Å².